The molecule has 0 fully saturated rings. The van der Waals surface area contributed by atoms with Crippen molar-refractivity contribution in [3.8, 4) is 55.6 Å². The van der Waals surface area contributed by atoms with Gasteiger partial charge in [-0.25, -0.2) is 0 Å². The van der Waals surface area contributed by atoms with Crippen molar-refractivity contribution < 1.29 is 5.48 Å². The van der Waals surface area contributed by atoms with Crippen LogP contribution in [0.1, 0.15) is 5.48 Å². The lowest BCUT2D eigenvalue weighted by molar-refractivity contribution is 1.28. The normalized spacial score (nSPS) is 12.2. The Labute approximate surface area is 362 Å². The molecule has 0 aliphatic carbocycles. The maximum Gasteiger partial charge on any atom is 0.0645 e. The Kier molecular flexibility index (Phi) is 8.18. The van der Waals surface area contributed by atoms with Crippen LogP contribution in [0.5, 0.6) is 0 Å². The second-order valence-electron chi connectivity index (χ2n) is 15.4. The summed E-state index contributed by atoms with van der Waals surface area (Å²) in [6, 6.07) is 76.3. The second-order valence-corrected chi connectivity index (χ2v) is 15.4. The van der Waals surface area contributed by atoms with Crippen molar-refractivity contribution >= 4 is 49.4 Å². The minimum Gasteiger partial charge on any atom is -0.311 e. The molecule has 0 heterocycles. The first kappa shape index (κ1) is 31.9. The van der Waals surface area contributed by atoms with Crippen molar-refractivity contribution in [2.75, 3.05) is 4.90 Å². The molecule has 0 spiro atoms. The molecule has 11 aromatic carbocycles. The van der Waals surface area contributed by atoms with Crippen LogP contribution in [0.25, 0.3) is 88.0 Å². The van der Waals surface area contributed by atoms with Crippen molar-refractivity contribution in [3.05, 3.63) is 249 Å². The lowest BCUT2D eigenvalue weighted by Crippen LogP contribution is -2.09. The van der Waals surface area contributed by atoms with Crippen LogP contribution >= 0.6 is 0 Å². The van der Waals surface area contributed by atoms with Gasteiger partial charge < -0.3 is 4.90 Å². The molecule has 1 heteroatoms. The van der Waals surface area contributed by atoms with Gasteiger partial charge in [0.2, 0.25) is 0 Å². The van der Waals surface area contributed by atoms with E-state index < -0.39 is 0 Å². The first-order valence-corrected chi connectivity index (χ1v) is 20.7. The Morgan fingerprint density at radius 1 is 0.246 bits per heavy atom. The number of fused-ring (bicyclic) bond motifs is 4. The maximum absolute atomic E-state index is 9.60. The zero-order valence-corrected chi connectivity index (χ0v) is 33.3. The first-order chi connectivity index (χ1) is 31.9. The quantitative estimate of drug-likeness (QED) is 0.139. The SMILES string of the molecule is [2H]c1c([2H])c(N(c2ccc(-c3ccc(-c4ccccc4)cc3)cc2)c2ccc(-c3cccc(-c4cccc5ccccc45)c3)cc2)c([2H])c([2H])c1-c1ccc2c(ccc3ccccc32)c1. The summed E-state index contributed by atoms with van der Waals surface area (Å²) in [4.78, 5) is 1.86. The highest BCUT2D eigenvalue weighted by molar-refractivity contribution is 6.08. The van der Waals surface area contributed by atoms with Crippen LogP contribution < -0.4 is 4.90 Å². The summed E-state index contributed by atoms with van der Waals surface area (Å²) in [5.41, 5.74) is 11.3. The molecule has 0 aliphatic heterocycles. The van der Waals surface area contributed by atoms with Crippen LogP contribution in [0.3, 0.4) is 0 Å². The molecule has 286 valence electrons. The lowest BCUT2D eigenvalue weighted by atomic mass is 9.95. The number of nitrogens with zero attached hydrogens (tertiary/aromatic N) is 1. The number of rotatable bonds is 8. The molecule has 0 aliphatic rings. The van der Waals surface area contributed by atoms with Gasteiger partial charge in [0.15, 0.2) is 0 Å². The average Bonchev–Trinajstić information content (AvgIpc) is 3.37. The maximum atomic E-state index is 9.60. The Morgan fingerprint density at radius 3 is 1.38 bits per heavy atom. The number of anilines is 3. The molecule has 61 heavy (non-hydrogen) atoms. The van der Waals surface area contributed by atoms with Crippen molar-refractivity contribution in [1.82, 2.24) is 0 Å². The van der Waals surface area contributed by atoms with E-state index in [-0.39, 0.29) is 35.4 Å². The number of hydrogen-bond acceptors (Lipinski definition) is 1. The van der Waals surface area contributed by atoms with Crippen molar-refractivity contribution in [2.24, 2.45) is 0 Å². The van der Waals surface area contributed by atoms with Crippen LogP contribution in [0.15, 0.2) is 249 Å². The fourth-order valence-electron chi connectivity index (χ4n) is 8.57. The van der Waals surface area contributed by atoms with Gasteiger partial charge in [0.1, 0.15) is 0 Å². The van der Waals surface area contributed by atoms with Gasteiger partial charge in [-0.3, -0.25) is 0 Å². The number of hydrogen-bond donors (Lipinski definition) is 0. The van der Waals surface area contributed by atoms with E-state index in [4.69, 9.17) is 0 Å². The molecule has 1 nitrogen and oxygen atoms in total. The van der Waals surface area contributed by atoms with Gasteiger partial charge in [0, 0.05) is 17.1 Å². The summed E-state index contributed by atoms with van der Waals surface area (Å²) >= 11 is 0. The summed E-state index contributed by atoms with van der Waals surface area (Å²) in [5, 5.41) is 6.71. The zero-order chi connectivity index (χ0) is 44.0. The van der Waals surface area contributed by atoms with Gasteiger partial charge in [0.25, 0.3) is 0 Å². The van der Waals surface area contributed by atoms with Crippen LogP contribution in [0, 0.1) is 0 Å². The van der Waals surface area contributed by atoms with Crippen LogP contribution in [0.4, 0.5) is 17.1 Å². The van der Waals surface area contributed by atoms with Gasteiger partial charge in [-0.15, -0.1) is 0 Å². The van der Waals surface area contributed by atoms with Crippen molar-refractivity contribution in [3.63, 3.8) is 0 Å². The van der Waals surface area contributed by atoms with Crippen LogP contribution in [-0.2, 0) is 0 Å². The minimum atomic E-state index is -0.118. The Balaban J connectivity index is 1.00. The van der Waals surface area contributed by atoms with Gasteiger partial charge in [-0.05, 0) is 136 Å². The highest BCUT2D eigenvalue weighted by atomic mass is 15.1. The van der Waals surface area contributed by atoms with Gasteiger partial charge in [-0.1, -0.05) is 200 Å². The Morgan fingerprint density at radius 2 is 0.689 bits per heavy atom. The van der Waals surface area contributed by atoms with Crippen LogP contribution in [-0.4, -0.2) is 0 Å². The third-order valence-electron chi connectivity index (χ3n) is 11.7. The van der Waals surface area contributed by atoms with E-state index in [1.165, 1.54) is 16.3 Å². The fraction of sp³-hybridized carbons (Fsp3) is 0. The minimum absolute atomic E-state index is 0.0943. The monoisotopic (exact) mass is 779 g/mol. The summed E-state index contributed by atoms with van der Waals surface area (Å²) in [6.07, 6.45) is 0. The predicted octanol–water partition coefficient (Wildman–Crippen LogP) is 17.0. The van der Waals surface area contributed by atoms with Gasteiger partial charge in [-0.2, -0.15) is 0 Å². The molecule has 0 unspecified atom stereocenters. The van der Waals surface area contributed by atoms with E-state index in [9.17, 15) is 5.48 Å². The molecule has 0 aromatic heterocycles. The smallest absolute Gasteiger partial charge is 0.0645 e. The molecule has 0 bridgehead atoms. The fourth-order valence-corrected chi connectivity index (χ4v) is 8.57. The third kappa shape index (κ3) is 7.03. The molecule has 0 radical (unpaired) electrons. The van der Waals surface area contributed by atoms with E-state index in [1.54, 1.807) is 0 Å². The highest BCUT2D eigenvalue weighted by Gasteiger charge is 2.15. The molecule has 0 atom stereocenters. The number of benzene rings is 11. The largest absolute Gasteiger partial charge is 0.311 e. The summed E-state index contributed by atoms with van der Waals surface area (Å²) in [6.45, 7) is 0. The molecule has 0 saturated carbocycles. The van der Waals surface area contributed by atoms with Crippen molar-refractivity contribution in [1.29, 1.82) is 0 Å². The highest BCUT2D eigenvalue weighted by Crippen LogP contribution is 2.39. The average molecular weight is 780 g/mol. The summed E-state index contributed by atoms with van der Waals surface area (Å²) in [7, 11) is 0. The summed E-state index contributed by atoms with van der Waals surface area (Å²) in [5.74, 6) is 0. The van der Waals surface area contributed by atoms with Gasteiger partial charge >= 0.3 is 0 Å². The molecule has 11 aromatic rings. The van der Waals surface area contributed by atoms with E-state index in [2.05, 4.69) is 152 Å². The third-order valence-corrected chi connectivity index (χ3v) is 11.7. The van der Waals surface area contributed by atoms with Gasteiger partial charge in [0.05, 0.1) is 5.48 Å². The van der Waals surface area contributed by atoms with E-state index >= 15 is 0 Å². The predicted molar refractivity (Wildman–Crippen MR) is 261 cm³/mol. The standard InChI is InChI=1S/C60H41N/c1-2-10-42(11-3-1)43-20-22-44(23-21-43)45-26-33-54(34-27-45)61(56-37-30-47(31-38-56)51-32-39-60-53(41-51)25-24-49-13-5-7-18-58(49)60)55-35-28-46(29-36-55)50-15-8-16-52(40-50)59-19-9-14-48-12-4-6-17-57(48)59/h1-41H/i30D,31D,37D,38D. The van der Waals surface area contributed by atoms with Crippen molar-refractivity contribution in [2.45, 2.75) is 0 Å². The molecule has 0 saturated heterocycles. The van der Waals surface area contributed by atoms with E-state index in [0.717, 1.165) is 60.5 Å². The Hall–Kier alpha value is -8.00. The second kappa shape index (κ2) is 15.6. The van der Waals surface area contributed by atoms with Crippen LogP contribution in [0.2, 0.25) is 0 Å². The topological polar surface area (TPSA) is 3.24 Å². The molecule has 0 amide bonds. The first-order valence-electron chi connectivity index (χ1n) is 22.7. The summed E-state index contributed by atoms with van der Waals surface area (Å²) < 4.78 is 38.1. The molecule has 0 N–H and O–H groups in total. The molecular weight excluding hydrogens is 735 g/mol. The zero-order valence-electron chi connectivity index (χ0n) is 37.3. The van der Waals surface area contributed by atoms with E-state index in [1.807, 2.05) is 77.7 Å². The Bertz CT molecular complexity index is 3530. The lowest BCUT2D eigenvalue weighted by Gasteiger charge is -2.26. The van der Waals surface area contributed by atoms with E-state index in [0.29, 0.717) is 16.9 Å². The molecule has 11 rings (SSSR count). The molecular formula is C60H41N.